The Morgan fingerprint density at radius 3 is 1.58 bits per heavy atom. The highest BCUT2D eigenvalue weighted by atomic mass is 14.2. The fourth-order valence-corrected chi connectivity index (χ4v) is 4.23. The van der Waals surface area contributed by atoms with Gasteiger partial charge in [0.05, 0.1) is 0 Å². The molecule has 3 aromatic rings. The van der Waals surface area contributed by atoms with Crippen molar-refractivity contribution in [2.75, 3.05) is 0 Å². The van der Waals surface area contributed by atoms with Crippen molar-refractivity contribution in [3.05, 3.63) is 58.7 Å². The second-order valence-electron chi connectivity index (χ2n) is 8.12. The molecule has 0 atom stereocenters. The third-order valence-electron chi connectivity index (χ3n) is 5.27. The van der Waals surface area contributed by atoms with E-state index in [0.29, 0.717) is 17.8 Å². The Morgan fingerprint density at radius 2 is 1.08 bits per heavy atom. The summed E-state index contributed by atoms with van der Waals surface area (Å²) in [7, 11) is 0. The molecule has 0 saturated heterocycles. The van der Waals surface area contributed by atoms with Gasteiger partial charge < -0.3 is 0 Å². The molecule has 3 rings (SSSR count). The summed E-state index contributed by atoms with van der Waals surface area (Å²) in [4.78, 5) is 0. The molecule has 126 valence electrons. The number of rotatable bonds is 3. The van der Waals surface area contributed by atoms with E-state index >= 15 is 0 Å². The van der Waals surface area contributed by atoms with Gasteiger partial charge in [-0.1, -0.05) is 65.8 Å². The number of benzene rings is 3. The summed E-state index contributed by atoms with van der Waals surface area (Å²) in [5, 5.41) is 5.61. The van der Waals surface area contributed by atoms with Gasteiger partial charge >= 0.3 is 0 Å². The van der Waals surface area contributed by atoms with E-state index in [1.807, 2.05) is 0 Å². The highest BCUT2D eigenvalue weighted by Crippen LogP contribution is 2.37. The molecule has 0 aromatic heterocycles. The van der Waals surface area contributed by atoms with Crippen LogP contribution in [-0.2, 0) is 0 Å². The van der Waals surface area contributed by atoms with E-state index in [-0.39, 0.29) is 0 Å². The second-order valence-corrected chi connectivity index (χ2v) is 8.12. The molecule has 24 heavy (non-hydrogen) atoms. The highest BCUT2D eigenvalue weighted by molar-refractivity contribution is 6.02. The summed E-state index contributed by atoms with van der Waals surface area (Å²) in [6, 6.07) is 14.1. The van der Waals surface area contributed by atoms with Crippen molar-refractivity contribution in [2.24, 2.45) is 0 Å². The monoisotopic (exact) mass is 318 g/mol. The largest absolute Gasteiger partial charge is 0.0587 e. The van der Waals surface area contributed by atoms with Crippen molar-refractivity contribution in [3.63, 3.8) is 0 Å². The van der Waals surface area contributed by atoms with Gasteiger partial charge in [-0.15, -0.1) is 0 Å². The Morgan fingerprint density at radius 1 is 0.583 bits per heavy atom. The van der Waals surface area contributed by atoms with Crippen LogP contribution in [0.15, 0.2) is 36.4 Å². The van der Waals surface area contributed by atoms with Gasteiger partial charge in [0.2, 0.25) is 0 Å². The standard InChI is InChI=1S/C24H30/c1-14(2)20-11-10-19-12-21-18(13-22(19)24(20)16(5)6)9-8-17(7)23(21)15(3)4/h8-16H,1-7H3. The van der Waals surface area contributed by atoms with Crippen LogP contribution >= 0.6 is 0 Å². The van der Waals surface area contributed by atoms with E-state index in [0.717, 1.165) is 0 Å². The van der Waals surface area contributed by atoms with Crippen LogP contribution in [-0.4, -0.2) is 0 Å². The molecular formula is C24H30. The average molecular weight is 319 g/mol. The van der Waals surface area contributed by atoms with Crippen molar-refractivity contribution in [1.29, 1.82) is 0 Å². The number of fused-ring (bicyclic) bond motifs is 2. The van der Waals surface area contributed by atoms with E-state index in [2.05, 4.69) is 84.9 Å². The van der Waals surface area contributed by atoms with Crippen LogP contribution in [0, 0.1) is 6.92 Å². The maximum absolute atomic E-state index is 2.43. The summed E-state index contributed by atoms with van der Waals surface area (Å²) < 4.78 is 0. The summed E-state index contributed by atoms with van der Waals surface area (Å²) >= 11 is 0. The van der Waals surface area contributed by atoms with E-state index in [9.17, 15) is 0 Å². The molecule has 0 fully saturated rings. The Kier molecular flexibility index (Phi) is 4.42. The third-order valence-corrected chi connectivity index (χ3v) is 5.27. The molecule has 0 unspecified atom stereocenters. The fourth-order valence-electron chi connectivity index (χ4n) is 4.23. The smallest absolute Gasteiger partial charge is 0.0140 e. The lowest BCUT2D eigenvalue weighted by Crippen LogP contribution is -2.00. The number of hydrogen-bond donors (Lipinski definition) is 0. The normalized spacial score (nSPS) is 12.2. The van der Waals surface area contributed by atoms with Crippen LogP contribution in [0.4, 0.5) is 0 Å². The molecular weight excluding hydrogens is 288 g/mol. The number of aryl methyl sites for hydroxylation is 1. The first-order valence-electron chi connectivity index (χ1n) is 9.31. The summed E-state index contributed by atoms with van der Waals surface area (Å²) in [5.74, 6) is 1.65. The summed E-state index contributed by atoms with van der Waals surface area (Å²) in [6.07, 6.45) is 0. The molecule has 0 bridgehead atoms. The lowest BCUT2D eigenvalue weighted by Gasteiger charge is -2.20. The van der Waals surface area contributed by atoms with Gasteiger partial charge in [0.25, 0.3) is 0 Å². The molecule has 0 saturated carbocycles. The predicted octanol–water partition coefficient (Wildman–Crippen LogP) is 7.67. The molecule has 0 N–H and O–H groups in total. The first-order valence-corrected chi connectivity index (χ1v) is 9.31. The Hall–Kier alpha value is -1.82. The zero-order valence-corrected chi connectivity index (χ0v) is 16.2. The van der Waals surface area contributed by atoms with Gasteiger partial charge in [-0.3, -0.25) is 0 Å². The second kappa shape index (κ2) is 6.24. The van der Waals surface area contributed by atoms with E-state index in [1.165, 1.54) is 43.8 Å². The molecule has 0 radical (unpaired) electrons. The summed E-state index contributed by atoms with van der Waals surface area (Å²) in [5.41, 5.74) is 5.91. The lowest BCUT2D eigenvalue weighted by atomic mass is 9.84. The first-order chi connectivity index (χ1) is 11.3. The molecule has 0 amide bonds. The molecule has 0 spiro atoms. The van der Waals surface area contributed by atoms with Crippen molar-refractivity contribution >= 4 is 21.5 Å². The lowest BCUT2D eigenvalue weighted by molar-refractivity contribution is 0.798. The SMILES string of the molecule is Cc1ccc2cc3c(C(C)C)c(C(C)C)ccc3cc2c1C(C)C. The van der Waals surface area contributed by atoms with Crippen LogP contribution in [0.1, 0.15) is 81.5 Å². The van der Waals surface area contributed by atoms with Crippen LogP contribution < -0.4 is 0 Å². The van der Waals surface area contributed by atoms with Gasteiger partial charge in [-0.25, -0.2) is 0 Å². The minimum absolute atomic E-state index is 0.540. The molecule has 0 heterocycles. The number of hydrogen-bond acceptors (Lipinski definition) is 0. The first kappa shape index (κ1) is 17.0. The van der Waals surface area contributed by atoms with E-state index in [4.69, 9.17) is 0 Å². The molecule has 0 nitrogen and oxygen atoms in total. The molecule has 0 aliphatic heterocycles. The van der Waals surface area contributed by atoms with Gasteiger partial charge in [0, 0.05) is 0 Å². The minimum Gasteiger partial charge on any atom is -0.0587 e. The van der Waals surface area contributed by atoms with Crippen molar-refractivity contribution < 1.29 is 0 Å². The van der Waals surface area contributed by atoms with Crippen molar-refractivity contribution in [2.45, 2.75) is 66.2 Å². The van der Waals surface area contributed by atoms with Crippen molar-refractivity contribution in [3.8, 4) is 0 Å². The zero-order chi connectivity index (χ0) is 17.6. The van der Waals surface area contributed by atoms with Crippen molar-refractivity contribution in [1.82, 2.24) is 0 Å². The topological polar surface area (TPSA) is 0 Å². The Labute approximate surface area is 146 Å². The van der Waals surface area contributed by atoms with Crippen LogP contribution in [0.3, 0.4) is 0 Å². The predicted molar refractivity (Wildman–Crippen MR) is 108 cm³/mol. The van der Waals surface area contributed by atoms with Crippen LogP contribution in [0.2, 0.25) is 0 Å². The average Bonchev–Trinajstić information content (AvgIpc) is 2.50. The van der Waals surface area contributed by atoms with Crippen LogP contribution in [0.25, 0.3) is 21.5 Å². The highest BCUT2D eigenvalue weighted by Gasteiger charge is 2.16. The minimum atomic E-state index is 0.540. The maximum Gasteiger partial charge on any atom is -0.0140 e. The Balaban J connectivity index is 2.44. The molecule has 3 aromatic carbocycles. The Bertz CT molecular complexity index is 895. The van der Waals surface area contributed by atoms with E-state index < -0.39 is 0 Å². The van der Waals surface area contributed by atoms with Gasteiger partial charge in [0.15, 0.2) is 0 Å². The van der Waals surface area contributed by atoms with Gasteiger partial charge in [-0.2, -0.15) is 0 Å². The van der Waals surface area contributed by atoms with Gasteiger partial charge in [-0.05, 0) is 80.6 Å². The van der Waals surface area contributed by atoms with E-state index in [1.54, 1.807) is 0 Å². The van der Waals surface area contributed by atoms with Gasteiger partial charge in [0.1, 0.15) is 0 Å². The molecule has 0 heteroatoms. The maximum atomic E-state index is 2.43. The van der Waals surface area contributed by atoms with Crippen LogP contribution in [0.5, 0.6) is 0 Å². The molecule has 0 aliphatic carbocycles. The quantitative estimate of drug-likeness (QED) is 0.434. The fraction of sp³-hybridized carbons (Fsp3) is 0.417. The zero-order valence-electron chi connectivity index (χ0n) is 16.2. The third kappa shape index (κ3) is 2.73. The molecule has 0 aliphatic rings. The summed E-state index contributed by atoms with van der Waals surface area (Å²) in [6.45, 7) is 16.1.